The standard InChI is InChI=1S/C13H14O3/c1-3-7-12(10(2)14)13(15)16-11-8-5-4-6-9-11/h4-9H,3H2,1-2H3. The molecule has 0 aliphatic heterocycles. The fraction of sp³-hybridized carbons (Fsp3) is 0.231. The van der Waals surface area contributed by atoms with Crippen LogP contribution >= 0.6 is 0 Å². The second-order valence-electron chi connectivity index (χ2n) is 3.28. The minimum Gasteiger partial charge on any atom is -0.423 e. The van der Waals surface area contributed by atoms with E-state index in [9.17, 15) is 9.59 Å². The summed E-state index contributed by atoms with van der Waals surface area (Å²) in [6, 6.07) is 8.69. The quantitative estimate of drug-likeness (QED) is 0.256. The molecule has 0 unspecified atom stereocenters. The van der Waals surface area contributed by atoms with Crippen molar-refractivity contribution in [3.05, 3.63) is 42.0 Å². The van der Waals surface area contributed by atoms with Crippen molar-refractivity contribution < 1.29 is 14.3 Å². The minimum atomic E-state index is -0.597. The summed E-state index contributed by atoms with van der Waals surface area (Å²) in [7, 11) is 0. The normalized spacial score (nSPS) is 11.0. The highest BCUT2D eigenvalue weighted by atomic mass is 16.5. The van der Waals surface area contributed by atoms with Gasteiger partial charge in [-0.05, 0) is 25.5 Å². The zero-order chi connectivity index (χ0) is 12.0. The van der Waals surface area contributed by atoms with Gasteiger partial charge in [-0.15, -0.1) is 0 Å². The molecule has 0 fully saturated rings. The molecule has 3 nitrogen and oxygen atoms in total. The van der Waals surface area contributed by atoms with E-state index in [1.54, 1.807) is 30.3 Å². The van der Waals surface area contributed by atoms with Gasteiger partial charge in [-0.2, -0.15) is 0 Å². The van der Waals surface area contributed by atoms with E-state index >= 15 is 0 Å². The summed E-state index contributed by atoms with van der Waals surface area (Å²) in [5, 5.41) is 0. The van der Waals surface area contributed by atoms with Crippen LogP contribution in [-0.4, -0.2) is 11.8 Å². The third-order valence-electron chi connectivity index (χ3n) is 1.96. The number of rotatable bonds is 4. The summed E-state index contributed by atoms with van der Waals surface area (Å²) in [5.41, 5.74) is 0.103. The highest BCUT2D eigenvalue weighted by Gasteiger charge is 2.15. The molecule has 0 amide bonds. The maximum Gasteiger partial charge on any atom is 0.346 e. The maximum atomic E-state index is 11.6. The smallest absolute Gasteiger partial charge is 0.346 e. The molecule has 16 heavy (non-hydrogen) atoms. The average Bonchev–Trinajstić information content (AvgIpc) is 2.26. The second-order valence-corrected chi connectivity index (χ2v) is 3.28. The number of carbonyl (C=O) groups is 2. The molecule has 0 saturated heterocycles. The van der Waals surface area contributed by atoms with E-state index in [0.717, 1.165) is 0 Å². The monoisotopic (exact) mass is 218 g/mol. The third kappa shape index (κ3) is 3.35. The average molecular weight is 218 g/mol. The van der Waals surface area contributed by atoms with Gasteiger partial charge in [0.05, 0.1) is 5.57 Å². The van der Waals surface area contributed by atoms with Gasteiger partial charge in [0.25, 0.3) is 0 Å². The SMILES string of the molecule is CCC=C(C(C)=O)C(=O)Oc1ccccc1. The first-order chi connectivity index (χ1) is 7.65. The predicted octanol–water partition coefficient (Wildman–Crippen LogP) is 2.52. The Labute approximate surface area is 94.7 Å². The van der Waals surface area contributed by atoms with Crippen LogP contribution in [0.1, 0.15) is 20.3 Å². The van der Waals surface area contributed by atoms with Crippen molar-refractivity contribution in [2.45, 2.75) is 20.3 Å². The van der Waals surface area contributed by atoms with Crippen LogP contribution in [-0.2, 0) is 9.59 Å². The van der Waals surface area contributed by atoms with E-state index in [0.29, 0.717) is 12.2 Å². The molecule has 0 N–H and O–H groups in total. The molecule has 1 aromatic carbocycles. The number of para-hydroxylation sites is 1. The van der Waals surface area contributed by atoms with E-state index < -0.39 is 5.97 Å². The van der Waals surface area contributed by atoms with Crippen LogP contribution in [0.25, 0.3) is 0 Å². The lowest BCUT2D eigenvalue weighted by atomic mass is 10.1. The Balaban J connectivity index is 2.78. The second kappa shape index (κ2) is 5.85. The molecular formula is C13H14O3. The fourth-order valence-electron chi connectivity index (χ4n) is 1.23. The Morgan fingerprint density at radius 3 is 2.38 bits per heavy atom. The minimum absolute atomic E-state index is 0.103. The van der Waals surface area contributed by atoms with E-state index in [4.69, 9.17) is 4.74 Å². The Morgan fingerprint density at radius 2 is 1.88 bits per heavy atom. The molecule has 84 valence electrons. The Morgan fingerprint density at radius 1 is 1.25 bits per heavy atom. The van der Waals surface area contributed by atoms with Crippen molar-refractivity contribution in [1.29, 1.82) is 0 Å². The molecule has 0 atom stereocenters. The van der Waals surface area contributed by atoms with E-state index in [1.165, 1.54) is 6.92 Å². The number of benzene rings is 1. The molecule has 1 aromatic rings. The van der Waals surface area contributed by atoms with Crippen molar-refractivity contribution in [3.63, 3.8) is 0 Å². The van der Waals surface area contributed by atoms with Crippen molar-refractivity contribution in [2.24, 2.45) is 0 Å². The lowest BCUT2D eigenvalue weighted by molar-refractivity contribution is -0.132. The van der Waals surface area contributed by atoms with Crippen LogP contribution < -0.4 is 4.74 Å². The number of esters is 1. The van der Waals surface area contributed by atoms with Gasteiger partial charge in [0, 0.05) is 0 Å². The van der Waals surface area contributed by atoms with Crippen LogP contribution in [0.2, 0.25) is 0 Å². The first-order valence-corrected chi connectivity index (χ1v) is 5.13. The van der Waals surface area contributed by atoms with Crippen molar-refractivity contribution >= 4 is 11.8 Å². The summed E-state index contributed by atoms with van der Waals surface area (Å²) < 4.78 is 5.06. The molecule has 3 heteroatoms. The van der Waals surface area contributed by atoms with Crippen LogP contribution in [0, 0.1) is 0 Å². The van der Waals surface area contributed by atoms with Crippen molar-refractivity contribution in [1.82, 2.24) is 0 Å². The molecule has 0 aliphatic rings. The van der Waals surface area contributed by atoms with E-state index in [1.807, 2.05) is 13.0 Å². The summed E-state index contributed by atoms with van der Waals surface area (Å²) in [6.45, 7) is 3.21. The molecule has 0 bridgehead atoms. The topological polar surface area (TPSA) is 43.4 Å². The molecule has 1 rings (SSSR count). The maximum absolute atomic E-state index is 11.6. The zero-order valence-electron chi connectivity index (χ0n) is 9.40. The van der Waals surface area contributed by atoms with Crippen molar-refractivity contribution in [2.75, 3.05) is 0 Å². The van der Waals surface area contributed by atoms with Gasteiger partial charge < -0.3 is 4.74 Å². The van der Waals surface area contributed by atoms with Gasteiger partial charge in [0.15, 0.2) is 5.78 Å². The Bertz CT molecular complexity index is 404. The highest BCUT2D eigenvalue weighted by Crippen LogP contribution is 2.11. The molecule has 0 heterocycles. The van der Waals surface area contributed by atoms with E-state index in [-0.39, 0.29) is 11.4 Å². The number of hydrogen-bond donors (Lipinski definition) is 0. The lowest BCUT2D eigenvalue weighted by Crippen LogP contribution is -2.16. The number of ketones is 1. The van der Waals surface area contributed by atoms with Gasteiger partial charge in [-0.3, -0.25) is 4.79 Å². The molecule has 0 spiro atoms. The van der Waals surface area contributed by atoms with Crippen molar-refractivity contribution in [3.8, 4) is 5.75 Å². The molecule has 0 saturated carbocycles. The molecule has 0 aromatic heterocycles. The number of carbonyl (C=O) groups excluding carboxylic acids is 2. The Hall–Kier alpha value is -1.90. The first kappa shape index (κ1) is 12.2. The number of ether oxygens (including phenoxy) is 1. The van der Waals surface area contributed by atoms with Crippen LogP contribution in [0.4, 0.5) is 0 Å². The number of allylic oxidation sites excluding steroid dienone is 1. The van der Waals surface area contributed by atoms with Gasteiger partial charge in [0.1, 0.15) is 5.75 Å². The van der Waals surface area contributed by atoms with Crippen LogP contribution in [0.5, 0.6) is 5.75 Å². The van der Waals surface area contributed by atoms with Gasteiger partial charge in [0.2, 0.25) is 0 Å². The van der Waals surface area contributed by atoms with Gasteiger partial charge in [-0.25, -0.2) is 4.79 Å². The summed E-state index contributed by atoms with van der Waals surface area (Å²) >= 11 is 0. The number of hydrogen-bond acceptors (Lipinski definition) is 3. The van der Waals surface area contributed by atoms with Crippen LogP contribution in [0.3, 0.4) is 0 Å². The van der Waals surface area contributed by atoms with Crippen LogP contribution in [0.15, 0.2) is 42.0 Å². The Kier molecular flexibility index (Phi) is 4.45. The molecule has 0 radical (unpaired) electrons. The summed E-state index contributed by atoms with van der Waals surface area (Å²) in [5.74, 6) is -0.431. The zero-order valence-corrected chi connectivity index (χ0v) is 9.40. The molecular weight excluding hydrogens is 204 g/mol. The van der Waals surface area contributed by atoms with Gasteiger partial charge >= 0.3 is 5.97 Å². The summed E-state index contributed by atoms with van der Waals surface area (Å²) in [4.78, 5) is 22.8. The summed E-state index contributed by atoms with van der Waals surface area (Å²) in [6.07, 6.45) is 2.20. The largest absolute Gasteiger partial charge is 0.423 e. The molecule has 0 aliphatic carbocycles. The number of Topliss-reactive ketones (excluding diaryl/α,β-unsaturated/α-hetero) is 1. The third-order valence-corrected chi connectivity index (χ3v) is 1.96. The van der Waals surface area contributed by atoms with E-state index in [2.05, 4.69) is 0 Å². The highest BCUT2D eigenvalue weighted by molar-refractivity contribution is 6.16. The predicted molar refractivity (Wildman–Crippen MR) is 61.1 cm³/mol. The fourth-order valence-corrected chi connectivity index (χ4v) is 1.23. The lowest BCUT2D eigenvalue weighted by Gasteiger charge is -2.04. The first-order valence-electron chi connectivity index (χ1n) is 5.13. The van der Waals surface area contributed by atoms with Gasteiger partial charge in [-0.1, -0.05) is 31.2 Å².